The van der Waals surface area contributed by atoms with Gasteiger partial charge in [0.25, 0.3) is 0 Å². The topological polar surface area (TPSA) is 54.5 Å². The molecule has 2 amide bonds. The van der Waals surface area contributed by atoms with E-state index in [2.05, 4.69) is 20.8 Å². The van der Waals surface area contributed by atoms with Crippen LogP contribution in [0.5, 0.6) is 0 Å². The molecule has 2 unspecified atom stereocenters. The van der Waals surface area contributed by atoms with Gasteiger partial charge in [0.15, 0.2) is 0 Å². The van der Waals surface area contributed by atoms with Gasteiger partial charge in [-0.2, -0.15) is 0 Å². The highest BCUT2D eigenvalue weighted by molar-refractivity contribution is 6.03. The van der Waals surface area contributed by atoms with Crippen molar-refractivity contribution in [3.8, 4) is 0 Å². The molecule has 0 N–H and O–H groups in total. The molecule has 4 heteroatoms. The van der Waals surface area contributed by atoms with Gasteiger partial charge < -0.3 is 0 Å². The van der Waals surface area contributed by atoms with E-state index in [4.69, 9.17) is 0 Å². The summed E-state index contributed by atoms with van der Waals surface area (Å²) in [5.41, 5.74) is 0. The minimum Gasteiger partial charge on any atom is -0.299 e. The van der Waals surface area contributed by atoms with Crippen LogP contribution in [0.2, 0.25) is 0 Å². The van der Waals surface area contributed by atoms with Gasteiger partial charge in [0.2, 0.25) is 11.8 Å². The minimum atomic E-state index is -0.0911. The van der Waals surface area contributed by atoms with Crippen molar-refractivity contribution in [3.05, 3.63) is 0 Å². The lowest BCUT2D eigenvalue weighted by Gasteiger charge is -2.32. The molecule has 1 aliphatic carbocycles. The number of nitrogens with zero attached hydrogens (tertiary/aromatic N) is 1. The Labute approximate surface area is 197 Å². The van der Waals surface area contributed by atoms with E-state index in [9.17, 15) is 14.4 Å². The lowest BCUT2D eigenvalue weighted by atomic mass is 9.75. The average molecular weight is 448 g/mol. The Balaban J connectivity index is 1.81. The normalized spacial score (nSPS) is 24.8. The number of imide groups is 1. The summed E-state index contributed by atoms with van der Waals surface area (Å²) in [6.45, 7) is 7.12. The zero-order chi connectivity index (χ0) is 23.3. The third-order valence-corrected chi connectivity index (χ3v) is 7.88. The predicted molar refractivity (Wildman–Crippen MR) is 131 cm³/mol. The number of rotatable bonds is 16. The fourth-order valence-corrected chi connectivity index (χ4v) is 5.80. The van der Waals surface area contributed by atoms with Gasteiger partial charge in [0.1, 0.15) is 5.78 Å². The molecule has 0 radical (unpaired) electrons. The van der Waals surface area contributed by atoms with E-state index in [1.807, 2.05) is 0 Å². The number of Topliss-reactive ketones (excluding diaryl/α,β-unsaturated/α-hetero) is 1. The highest BCUT2D eigenvalue weighted by Crippen LogP contribution is 2.35. The van der Waals surface area contributed by atoms with Gasteiger partial charge in [0, 0.05) is 30.7 Å². The summed E-state index contributed by atoms with van der Waals surface area (Å²) in [4.78, 5) is 39.8. The van der Waals surface area contributed by atoms with E-state index < -0.39 is 0 Å². The highest BCUT2D eigenvalue weighted by Gasteiger charge is 2.39. The summed E-state index contributed by atoms with van der Waals surface area (Å²) in [5.74, 6) is 1.32. The summed E-state index contributed by atoms with van der Waals surface area (Å²) < 4.78 is 0. The number of ketones is 1. The first kappa shape index (κ1) is 27.1. The van der Waals surface area contributed by atoms with Gasteiger partial charge in [-0.15, -0.1) is 0 Å². The second-order valence-corrected chi connectivity index (χ2v) is 10.5. The first-order valence-corrected chi connectivity index (χ1v) is 13.9. The van der Waals surface area contributed by atoms with Gasteiger partial charge in [0.05, 0.1) is 0 Å². The summed E-state index contributed by atoms with van der Waals surface area (Å²) in [5, 5.41) is 0. The molecule has 0 bridgehead atoms. The van der Waals surface area contributed by atoms with E-state index in [1.54, 1.807) is 0 Å². The molecule has 0 aromatic rings. The smallest absolute Gasteiger partial charge is 0.232 e. The lowest BCUT2D eigenvalue weighted by molar-refractivity contribution is -0.140. The van der Waals surface area contributed by atoms with Crippen LogP contribution < -0.4 is 0 Å². The summed E-state index contributed by atoms with van der Waals surface area (Å²) >= 11 is 0. The Hall–Kier alpha value is -1.19. The van der Waals surface area contributed by atoms with Gasteiger partial charge in [-0.05, 0) is 50.9 Å². The molecule has 1 saturated carbocycles. The highest BCUT2D eigenvalue weighted by atomic mass is 16.2. The minimum absolute atomic E-state index is 0.0192. The second-order valence-electron chi connectivity index (χ2n) is 10.5. The first-order chi connectivity index (χ1) is 15.5. The van der Waals surface area contributed by atoms with Crippen molar-refractivity contribution in [1.82, 2.24) is 4.90 Å². The molecule has 0 aromatic carbocycles. The van der Waals surface area contributed by atoms with Crippen LogP contribution in [-0.4, -0.2) is 29.0 Å². The molecule has 2 aliphatic rings. The molecule has 1 saturated heterocycles. The van der Waals surface area contributed by atoms with Gasteiger partial charge in [-0.3, -0.25) is 19.3 Å². The maximum atomic E-state index is 13.4. The van der Waals surface area contributed by atoms with Crippen LogP contribution >= 0.6 is 0 Å². The Morgan fingerprint density at radius 2 is 1.44 bits per heavy atom. The Bertz CT molecular complexity index is 579. The van der Waals surface area contributed by atoms with Crippen LogP contribution in [0.1, 0.15) is 130 Å². The van der Waals surface area contributed by atoms with E-state index in [0.29, 0.717) is 24.7 Å². The van der Waals surface area contributed by atoms with Crippen molar-refractivity contribution in [3.63, 3.8) is 0 Å². The molecule has 184 valence electrons. The summed E-state index contributed by atoms with van der Waals surface area (Å²) in [6, 6.07) is 0. The van der Waals surface area contributed by atoms with Gasteiger partial charge in [-0.1, -0.05) is 78.6 Å². The quantitative estimate of drug-likeness (QED) is 0.187. The van der Waals surface area contributed by atoms with Crippen molar-refractivity contribution in [1.29, 1.82) is 0 Å². The zero-order valence-corrected chi connectivity index (χ0v) is 21.2. The lowest BCUT2D eigenvalue weighted by Crippen LogP contribution is -2.37. The molecule has 0 aromatic heterocycles. The third kappa shape index (κ3) is 8.30. The van der Waals surface area contributed by atoms with Crippen LogP contribution in [0.4, 0.5) is 0 Å². The number of likely N-dealkylation sites (tertiary alicyclic amines) is 1. The number of amides is 2. The number of carbonyl (C=O) groups excluding carboxylic acids is 3. The number of hydrogen-bond acceptors (Lipinski definition) is 3. The Morgan fingerprint density at radius 3 is 2.06 bits per heavy atom. The van der Waals surface area contributed by atoms with E-state index >= 15 is 0 Å². The van der Waals surface area contributed by atoms with Crippen molar-refractivity contribution in [2.75, 3.05) is 6.54 Å². The maximum absolute atomic E-state index is 13.4. The molecule has 1 aliphatic heterocycles. The standard InChI is InChI=1S/C28H49NO3/c1-4-7-9-10-12-15-23(14-11-8-5-2)27(31)24-18-16-22(17-19-24)21-29-26(30)20-25(13-6-3)28(29)32/h22-25H,4-21H2,1-3H3. The van der Waals surface area contributed by atoms with Crippen molar-refractivity contribution in [2.45, 2.75) is 130 Å². The molecular weight excluding hydrogens is 398 g/mol. The monoisotopic (exact) mass is 447 g/mol. The Kier molecular flexibility index (Phi) is 12.6. The van der Waals surface area contributed by atoms with Crippen LogP contribution in [0.25, 0.3) is 0 Å². The second kappa shape index (κ2) is 14.9. The Morgan fingerprint density at radius 1 is 0.844 bits per heavy atom. The van der Waals surface area contributed by atoms with Crippen LogP contribution in [0.15, 0.2) is 0 Å². The molecule has 32 heavy (non-hydrogen) atoms. The summed E-state index contributed by atoms with van der Waals surface area (Å²) in [7, 11) is 0. The van der Waals surface area contributed by atoms with Crippen molar-refractivity contribution < 1.29 is 14.4 Å². The molecule has 2 atom stereocenters. The fourth-order valence-electron chi connectivity index (χ4n) is 5.80. The van der Waals surface area contributed by atoms with Crippen LogP contribution in [0, 0.1) is 23.7 Å². The third-order valence-electron chi connectivity index (χ3n) is 7.88. The molecular formula is C28H49NO3. The molecule has 1 heterocycles. The average Bonchev–Trinajstić information content (AvgIpc) is 3.05. The predicted octanol–water partition coefficient (Wildman–Crippen LogP) is 7.09. The molecule has 4 nitrogen and oxygen atoms in total. The van der Waals surface area contributed by atoms with E-state index in [0.717, 1.165) is 51.4 Å². The van der Waals surface area contributed by atoms with Crippen LogP contribution in [-0.2, 0) is 14.4 Å². The zero-order valence-electron chi connectivity index (χ0n) is 21.2. The largest absolute Gasteiger partial charge is 0.299 e. The van der Waals surface area contributed by atoms with Crippen LogP contribution in [0.3, 0.4) is 0 Å². The number of unbranched alkanes of at least 4 members (excludes halogenated alkanes) is 6. The van der Waals surface area contributed by atoms with E-state index in [-0.39, 0.29) is 29.6 Å². The summed E-state index contributed by atoms with van der Waals surface area (Å²) in [6.07, 6.45) is 18.1. The van der Waals surface area contributed by atoms with Gasteiger partial charge >= 0.3 is 0 Å². The number of carbonyl (C=O) groups is 3. The SMILES string of the molecule is CCCCCCCC(CCCCC)C(=O)C1CCC(CN2C(=O)CC(CCC)C2=O)CC1. The molecule has 2 fully saturated rings. The maximum Gasteiger partial charge on any atom is 0.232 e. The van der Waals surface area contributed by atoms with Gasteiger partial charge in [-0.25, -0.2) is 0 Å². The fraction of sp³-hybridized carbons (Fsp3) is 0.893. The van der Waals surface area contributed by atoms with Crippen molar-refractivity contribution >= 4 is 17.6 Å². The molecule has 0 spiro atoms. The molecule has 2 rings (SSSR count). The first-order valence-electron chi connectivity index (χ1n) is 13.9. The number of hydrogen-bond donors (Lipinski definition) is 0. The van der Waals surface area contributed by atoms with E-state index in [1.165, 1.54) is 56.3 Å². The van der Waals surface area contributed by atoms with Crippen molar-refractivity contribution in [2.24, 2.45) is 23.7 Å².